The number of amidine groups is 1. The average Bonchev–Trinajstić information content (AvgIpc) is 2.93. The van der Waals surface area contributed by atoms with Crippen molar-refractivity contribution in [3.8, 4) is 0 Å². The number of halogens is 2. The van der Waals surface area contributed by atoms with Gasteiger partial charge in [-0.3, -0.25) is 4.99 Å². The third-order valence-corrected chi connectivity index (χ3v) is 3.98. The van der Waals surface area contributed by atoms with Crippen LogP contribution in [0.3, 0.4) is 0 Å². The first-order chi connectivity index (χ1) is 9.78. The number of aliphatic imine (C=N–C) groups is 1. The van der Waals surface area contributed by atoms with Crippen LogP contribution < -0.4 is 5.32 Å². The third kappa shape index (κ3) is 2.67. The molecule has 2 nitrogen and oxygen atoms in total. The molecule has 0 fully saturated rings. The van der Waals surface area contributed by atoms with Crippen LogP contribution in [0.15, 0.2) is 59.6 Å². The monoisotopic (exact) mass is 304 g/mol. The maximum Gasteiger partial charge on any atom is 0.129 e. The second-order valence-electron chi connectivity index (χ2n) is 4.75. The number of hydrogen-bond donors (Lipinski definition) is 1. The van der Waals surface area contributed by atoms with Crippen LogP contribution in [0, 0.1) is 0 Å². The van der Waals surface area contributed by atoms with E-state index in [1.807, 2.05) is 42.5 Å². The van der Waals surface area contributed by atoms with E-state index in [1.165, 1.54) is 5.56 Å². The van der Waals surface area contributed by atoms with Crippen molar-refractivity contribution < 1.29 is 0 Å². The van der Waals surface area contributed by atoms with Gasteiger partial charge in [-0.2, -0.15) is 0 Å². The molecule has 2 unspecified atom stereocenters. The van der Waals surface area contributed by atoms with Crippen LogP contribution in [0.25, 0.3) is 0 Å². The number of hydrogen-bond acceptors (Lipinski definition) is 2. The van der Waals surface area contributed by atoms with Crippen molar-refractivity contribution >= 4 is 29.0 Å². The number of nitrogens with zero attached hydrogens (tertiary/aromatic N) is 1. The van der Waals surface area contributed by atoms with E-state index >= 15 is 0 Å². The van der Waals surface area contributed by atoms with E-state index in [0.29, 0.717) is 5.88 Å². The minimum atomic E-state index is 0.0550. The fourth-order valence-electron chi connectivity index (χ4n) is 2.37. The van der Waals surface area contributed by atoms with Gasteiger partial charge in [-0.25, -0.2) is 0 Å². The lowest BCUT2D eigenvalue weighted by Gasteiger charge is -2.16. The summed E-state index contributed by atoms with van der Waals surface area (Å²) in [6.45, 7) is 0. The normalized spacial score (nSPS) is 21.4. The molecule has 1 aliphatic heterocycles. The summed E-state index contributed by atoms with van der Waals surface area (Å²) in [7, 11) is 0. The van der Waals surface area contributed by atoms with Gasteiger partial charge in [-0.15, -0.1) is 11.6 Å². The van der Waals surface area contributed by atoms with Crippen LogP contribution in [-0.2, 0) is 0 Å². The third-order valence-electron chi connectivity index (χ3n) is 3.40. The van der Waals surface area contributed by atoms with Crippen molar-refractivity contribution in [3.05, 3.63) is 70.7 Å². The zero-order valence-corrected chi connectivity index (χ0v) is 12.3. The van der Waals surface area contributed by atoms with Gasteiger partial charge in [0, 0.05) is 16.5 Å². The van der Waals surface area contributed by atoms with Crippen LogP contribution in [0.1, 0.15) is 17.2 Å². The van der Waals surface area contributed by atoms with Crippen LogP contribution in [0.4, 0.5) is 0 Å². The zero-order chi connectivity index (χ0) is 13.9. The number of benzene rings is 2. The highest BCUT2D eigenvalue weighted by Crippen LogP contribution is 2.28. The zero-order valence-electron chi connectivity index (χ0n) is 10.8. The first kappa shape index (κ1) is 13.5. The molecule has 0 bridgehead atoms. The molecule has 0 saturated carbocycles. The van der Waals surface area contributed by atoms with Crippen LogP contribution in [0.5, 0.6) is 0 Å². The standard InChI is InChI=1S/C16H14Cl2N2/c17-10-14-15(11-4-2-1-3-5-11)20-16(19-14)12-6-8-13(18)9-7-12/h1-9,14-15H,10H2,(H,19,20). The summed E-state index contributed by atoms with van der Waals surface area (Å²) in [6.07, 6.45) is 0. The van der Waals surface area contributed by atoms with E-state index in [9.17, 15) is 0 Å². The maximum absolute atomic E-state index is 6.07. The van der Waals surface area contributed by atoms with Crippen molar-refractivity contribution in [2.45, 2.75) is 12.1 Å². The van der Waals surface area contributed by atoms with Gasteiger partial charge in [-0.1, -0.05) is 41.9 Å². The van der Waals surface area contributed by atoms with Gasteiger partial charge in [0.15, 0.2) is 0 Å². The average molecular weight is 305 g/mol. The van der Waals surface area contributed by atoms with Gasteiger partial charge in [0.1, 0.15) is 5.84 Å². The lowest BCUT2D eigenvalue weighted by molar-refractivity contribution is 0.593. The van der Waals surface area contributed by atoms with E-state index < -0.39 is 0 Å². The summed E-state index contributed by atoms with van der Waals surface area (Å²) < 4.78 is 0. The molecule has 4 heteroatoms. The molecule has 1 N–H and O–H groups in total. The highest BCUT2D eigenvalue weighted by molar-refractivity contribution is 6.30. The quantitative estimate of drug-likeness (QED) is 0.850. The second kappa shape index (κ2) is 5.86. The van der Waals surface area contributed by atoms with Crippen molar-refractivity contribution in [1.29, 1.82) is 0 Å². The summed E-state index contributed by atoms with van der Waals surface area (Å²) in [4.78, 5) is 4.79. The lowest BCUT2D eigenvalue weighted by Crippen LogP contribution is -2.33. The summed E-state index contributed by atoms with van der Waals surface area (Å²) in [5.74, 6) is 1.39. The Labute approximate surface area is 128 Å². The summed E-state index contributed by atoms with van der Waals surface area (Å²) in [5, 5.41) is 4.12. The topological polar surface area (TPSA) is 24.4 Å². The van der Waals surface area contributed by atoms with Crippen LogP contribution in [-0.4, -0.2) is 17.8 Å². The molecule has 3 rings (SSSR count). The van der Waals surface area contributed by atoms with Crippen molar-refractivity contribution in [2.75, 3.05) is 5.88 Å². The molecular formula is C16H14Cl2N2. The minimum Gasteiger partial charge on any atom is -0.363 e. The molecular weight excluding hydrogens is 291 g/mol. The lowest BCUT2D eigenvalue weighted by atomic mass is 10.0. The molecule has 0 aromatic heterocycles. The Kier molecular flexibility index (Phi) is 3.95. The Bertz CT molecular complexity index is 608. The summed E-state index contributed by atoms with van der Waals surface area (Å²) in [5.41, 5.74) is 2.21. The van der Waals surface area contributed by atoms with E-state index in [4.69, 9.17) is 28.2 Å². The van der Waals surface area contributed by atoms with Gasteiger partial charge in [0.2, 0.25) is 0 Å². The second-order valence-corrected chi connectivity index (χ2v) is 5.49. The fourth-order valence-corrected chi connectivity index (χ4v) is 2.74. The van der Waals surface area contributed by atoms with Gasteiger partial charge in [-0.05, 0) is 29.8 Å². The smallest absolute Gasteiger partial charge is 0.129 e. The van der Waals surface area contributed by atoms with Crippen molar-refractivity contribution in [3.63, 3.8) is 0 Å². The van der Waals surface area contributed by atoms with Crippen LogP contribution >= 0.6 is 23.2 Å². The van der Waals surface area contributed by atoms with Gasteiger partial charge in [0.25, 0.3) is 0 Å². The molecule has 2 atom stereocenters. The highest BCUT2D eigenvalue weighted by Gasteiger charge is 2.29. The Morgan fingerprint density at radius 3 is 2.35 bits per heavy atom. The molecule has 2 aromatic carbocycles. The van der Waals surface area contributed by atoms with Crippen molar-refractivity contribution in [1.82, 2.24) is 5.32 Å². The van der Waals surface area contributed by atoms with Gasteiger partial charge < -0.3 is 5.32 Å². The molecule has 20 heavy (non-hydrogen) atoms. The Morgan fingerprint density at radius 2 is 1.70 bits per heavy atom. The molecule has 1 aliphatic rings. The fraction of sp³-hybridized carbons (Fsp3) is 0.188. The molecule has 2 aromatic rings. The first-order valence-corrected chi connectivity index (χ1v) is 7.40. The van der Waals surface area contributed by atoms with Crippen molar-refractivity contribution in [2.24, 2.45) is 4.99 Å². The molecule has 0 radical (unpaired) electrons. The van der Waals surface area contributed by atoms with E-state index in [-0.39, 0.29) is 12.1 Å². The summed E-state index contributed by atoms with van der Waals surface area (Å²) >= 11 is 12.0. The van der Waals surface area contributed by atoms with Gasteiger partial charge in [0.05, 0.1) is 12.1 Å². The van der Waals surface area contributed by atoms with Gasteiger partial charge >= 0.3 is 0 Å². The molecule has 1 heterocycles. The number of nitrogens with one attached hydrogen (secondary N) is 1. The van der Waals surface area contributed by atoms with Crippen LogP contribution in [0.2, 0.25) is 5.02 Å². The minimum absolute atomic E-state index is 0.0550. The van der Waals surface area contributed by atoms with E-state index in [2.05, 4.69) is 17.4 Å². The molecule has 0 saturated heterocycles. The number of rotatable bonds is 3. The predicted molar refractivity (Wildman–Crippen MR) is 84.8 cm³/mol. The maximum atomic E-state index is 6.07. The highest BCUT2D eigenvalue weighted by atomic mass is 35.5. The molecule has 0 spiro atoms. The van der Waals surface area contributed by atoms with E-state index in [1.54, 1.807) is 0 Å². The SMILES string of the molecule is ClCC1NC(c2ccc(Cl)cc2)=NC1c1ccccc1. The Balaban J connectivity index is 1.92. The molecule has 0 aliphatic carbocycles. The number of alkyl halides is 1. The predicted octanol–water partition coefficient (Wildman–Crippen LogP) is 4.04. The first-order valence-electron chi connectivity index (χ1n) is 6.49. The Hall–Kier alpha value is -1.51. The Morgan fingerprint density at radius 1 is 1.00 bits per heavy atom. The molecule has 102 valence electrons. The summed E-state index contributed by atoms with van der Waals surface area (Å²) in [6, 6.07) is 18.1. The van der Waals surface area contributed by atoms with E-state index in [0.717, 1.165) is 16.4 Å². The molecule has 0 amide bonds. The largest absolute Gasteiger partial charge is 0.363 e.